The van der Waals surface area contributed by atoms with Crippen molar-refractivity contribution in [3.63, 3.8) is 0 Å². The van der Waals surface area contributed by atoms with E-state index in [9.17, 15) is 9.59 Å². The van der Waals surface area contributed by atoms with Crippen LogP contribution < -0.4 is 10.6 Å². The molecule has 2 fully saturated rings. The van der Waals surface area contributed by atoms with Crippen LogP contribution in [0.3, 0.4) is 0 Å². The molecule has 3 amide bonds. The van der Waals surface area contributed by atoms with Crippen molar-refractivity contribution in [3.05, 3.63) is 0 Å². The Morgan fingerprint density at radius 3 is 2.50 bits per heavy atom. The Bertz CT molecular complexity index is 419. The predicted octanol–water partition coefficient (Wildman–Crippen LogP) is 1.50. The second-order valence-electron chi connectivity index (χ2n) is 6.74. The average Bonchev–Trinajstić information content (AvgIpc) is 2.97. The molecule has 2 N–H and O–H groups in total. The second-order valence-corrected chi connectivity index (χ2v) is 6.74. The molecular weight excluding hydrogens is 282 g/mol. The zero-order valence-electron chi connectivity index (χ0n) is 14.1. The molecule has 2 rings (SSSR count). The van der Waals surface area contributed by atoms with Gasteiger partial charge in [0.25, 0.3) is 0 Å². The van der Waals surface area contributed by atoms with E-state index in [2.05, 4.69) is 10.6 Å². The molecule has 126 valence electrons. The third kappa shape index (κ3) is 3.21. The first-order valence-corrected chi connectivity index (χ1v) is 8.30. The summed E-state index contributed by atoms with van der Waals surface area (Å²) in [5.41, 5.74) is 0.113. The fourth-order valence-electron chi connectivity index (χ4n) is 3.93. The van der Waals surface area contributed by atoms with E-state index in [0.717, 1.165) is 25.9 Å². The highest BCUT2D eigenvalue weighted by Crippen LogP contribution is 2.54. The molecule has 0 saturated heterocycles. The van der Waals surface area contributed by atoms with Crippen LogP contribution in [0.15, 0.2) is 0 Å². The summed E-state index contributed by atoms with van der Waals surface area (Å²) >= 11 is 0. The summed E-state index contributed by atoms with van der Waals surface area (Å²) in [6.45, 7) is 4.45. The first-order chi connectivity index (χ1) is 10.4. The molecule has 0 heterocycles. The number of carbonyl (C=O) groups excluding carboxylic acids is 2. The number of hydrogen-bond acceptors (Lipinski definition) is 3. The van der Waals surface area contributed by atoms with Crippen molar-refractivity contribution in [1.82, 2.24) is 15.5 Å². The van der Waals surface area contributed by atoms with Crippen molar-refractivity contribution in [1.29, 1.82) is 0 Å². The molecule has 3 atom stereocenters. The van der Waals surface area contributed by atoms with Gasteiger partial charge in [0.2, 0.25) is 5.91 Å². The largest absolute Gasteiger partial charge is 0.378 e. The first kappa shape index (κ1) is 17.1. The molecule has 0 aromatic rings. The molecule has 2 aliphatic carbocycles. The normalized spacial score (nSPS) is 27.1. The van der Waals surface area contributed by atoms with Crippen LogP contribution in [0.1, 0.15) is 46.0 Å². The van der Waals surface area contributed by atoms with E-state index in [1.165, 1.54) is 17.7 Å². The lowest BCUT2D eigenvalue weighted by atomic mass is 9.60. The fourth-order valence-corrected chi connectivity index (χ4v) is 3.93. The van der Waals surface area contributed by atoms with Crippen LogP contribution in [0.25, 0.3) is 0 Å². The third-order valence-corrected chi connectivity index (χ3v) is 5.15. The number of rotatable bonds is 5. The maximum absolute atomic E-state index is 12.2. The highest BCUT2D eigenvalue weighted by molar-refractivity contribution is 5.86. The number of nitrogens with one attached hydrogen (secondary N) is 2. The predicted molar refractivity (Wildman–Crippen MR) is 84.5 cm³/mol. The molecule has 6 nitrogen and oxygen atoms in total. The lowest BCUT2D eigenvalue weighted by molar-refractivity contribution is -0.130. The summed E-state index contributed by atoms with van der Waals surface area (Å²) < 4.78 is 5.85. The average molecular weight is 311 g/mol. The van der Waals surface area contributed by atoms with Gasteiger partial charge in [-0.1, -0.05) is 12.8 Å². The highest BCUT2D eigenvalue weighted by Gasteiger charge is 2.57. The van der Waals surface area contributed by atoms with Gasteiger partial charge in [-0.2, -0.15) is 0 Å². The maximum atomic E-state index is 12.2. The molecule has 0 aromatic carbocycles. The summed E-state index contributed by atoms with van der Waals surface area (Å²) in [4.78, 5) is 25.4. The number of ether oxygens (including phenoxy) is 1. The van der Waals surface area contributed by atoms with E-state index in [0.29, 0.717) is 0 Å². The number of urea groups is 1. The van der Waals surface area contributed by atoms with Crippen LogP contribution in [0.2, 0.25) is 0 Å². The van der Waals surface area contributed by atoms with E-state index >= 15 is 0 Å². The highest BCUT2D eigenvalue weighted by atomic mass is 16.5. The molecule has 0 aliphatic heterocycles. The van der Waals surface area contributed by atoms with Gasteiger partial charge in [0.1, 0.15) is 6.04 Å². The van der Waals surface area contributed by atoms with Crippen molar-refractivity contribution in [3.8, 4) is 0 Å². The zero-order chi connectivity index (χ0) is 16.3. The monoisotopic (exact) mass is 311 g/mol. The van der Waals surface area contributed by atoms with Crippen molar-refractivity contribution in [2.45, 2.75) is 64.1 Å². The number of hydrogen-bond donors (Lipinski definition) is 2. The first-order valence-electron chi connectivity index (χ1n) is 8.30. The minimum Gasteiger partial charge on any atom is -0.378 e. The van der Waals surface area contributed by atoms with Gasteiger partial charge in [-0.25, -0.2) is 4.79 Å². The number of amides is 3. The fraction of sp³-hybridized carbons (Fsp3) is 0.875. The molecule has 2 saturated carbocycles. The Kier molecular flexibility index (Phi) is 5.32. The van der Waals surface area contributed by atoms with Crippen LogP contribution in [-0.4, -0.2) is 55.7 Å². The lowest BCUT2D eigenvalue weighted by Crippen LogP contribution is -2.65. The standard InChI is InChI=1S/C16H29N3O3/c1-5-22-13-10-12(16(13)8-6-7-9-16)18-15(21)17-11(2)14(20)19(3)4/h11-13H,5-10H2,1-4H3,(H2,17,18,21)/t11-,12+,13-/m0/s1. The van der Waals surface area contributed by atoms with Crippen LogP contribution in [0.4, 0.5) is 4.79 Å². The molecule has 22 heavy (non-hydrogen) atoms. The van der Waals surface area contributed by atoms with Gasteiger partial charge in [0, 0.05) is 32.2 Å². The van der Waals surface area contributed by atoms with Crippen molar-refractivity contribution >= 4 is 11.9 Å². The van der Waals surface area contributed by atoms with E-state index in [1.54, 1.807) is 21.0 Å². The van der Waals surface area contributed by atoms with E-state index < -0.39 is 6.04 Å². The molecule has 0 bridgehead atoms. The van der Waals surface area contributed by atoms with E-state index in [-0.39, 0.29) is 29.5 Å². The molecule has 6 heteroatoms. The summed E-state index contributed by atoms with van der Waals surface area (Å²) in [5.74, 6) is -0.105. The van der Waals surface area contributed by atoms with Gasteiger partial charge in [-0.05, 0) is 33.1 Å². The van der Waals surface area contributed by atoms with Gasteiger partial charge < -0.3 is 20.3 Å². The van der Waals surface area contributed by atoms with Crippen LogP contribution >= 0.6 is 0 Å². The van der Waals surface area contributed by atoms with Gasteiger partial charge >= 0.3 is 6.03 Å². The number of carbonyl (C=O) groups is 2. The van der Waals surface area contributed by atoms with Crippen LogP contribution in [0.5, 0.6) is 0 Å². The van der Waals surface area contributed by atoms with Gasteiger partial charge in [0.05, 0.1) is 6.10 Å². The molecule has 0 unspecified atom stereocenters. The Morgan fingerprint density at radius 2 is 1.95 bits per heavy atom. The summed E-state index contributed by atoms with van der Waals surface area (Å²) in [6, 6.07) is -0.612. The molecule has 0 radical (unpaired) electrons. The Balaban J connectivity index is 1.88. The molecule has 1 spiro atoms. The van der Waals surface area contributed by atoms with E-state index in [1.807, 2.05) is 6.92 Å². The maximum Gasteiger partial charge on any atom is 0.315 e. The van der Waals surface area contributed by atoms with E-state index in [4.69, 9.17) is 4.74 Å². The number of nitrogens with zero attached hydrogens (tertiary/aromatic N) is 1. The topological polar surface area (TPSA) is 70.7 Å². The molecular formula is C16H29N3O3. The van der Waals surface area contributed by atoms with Crippen LogP contribution in [0, 0.1) is 5.41 Å². The lowest BCUT2D eigenvalue weighted by Gasteiger charge is -2.54. The summed E-state index contributed by atoms with van der Waals surface area (Å²) in [7, 11) is 3.37. The zero-order valence-corrected chi connectivity index (χ0v) is 14.1. The quantitative estimate of drug-likeness (QED) is 0.808. The van der Waals surface area contributed by atoms with Crippen molar-refractivity contribution in [2.75, 3.05) is 20.7 Å². The third-order valence-electron chi connectivity index (χ3n) is 5.15. The Labute approximate surface area is 132 Å². The SMILES string of the molecule is CCO[C@H]1C[C@@H](NC(=O)N[C@@H](C)C(=O)N(C)C)C12CCCC2. The van der Waals surface area contributed by atoms with Crippen molar-refractivity contribution < 1.29 is 14.3 Å². The van der Waals surface area contributed by atoms with Crippen LogP contribution in [-0.2, 0) is 9.53 Å². The molecule has 0 aromatic heterocycles. The Morgan fingerprint density at radius 1 is 1.32 bits per heavy atom. The molecule has 2 aliphatic rings. The van der Waals surface area contributed by atoms with Gasteiger partial charge in [-0.15, -0.1) is 0 Å². The number of likely N-dealkylation sites (N-methyl/N-ethyl adjacent to an activating group) is 1. The summed E-state index contributed by atoms with van der Waals surface area (Å²) in [6.07, 6.45) is 5.80. The van der Waals surface area contributed by atoms with Crippen molar-refractivity contribution in [2.24, 2.45) is 5.41 Å². The Hall–Kier alpha value is -1.30. The second kappa shape index (κ2) is 6.86. The smallest absolute Gasteiger partial charge is 0.315 e. The van der Waals surface area contributed by atoms with Gasteiger partial charge in [-0.3, -0.25) is 4.79 Å². The minimum absolute atomic E-state index is 0.105. The van der Waals surface area contributed by atoms with Gasteiger partial charge in [0.15, 0.2) is 0 Å². The minimum atomic E-state index is -0.516. The summed E-state index contributed by atoms with van der Waals surface area (Å²) in [5, 5.41) is 5.79.